The highest BCUT2D eigenvalue weighted by Crippen LogP contribution is 2.46. The van der Waals surface area contributed by atoms with Gasteiger partial charge in [-0.2, -0.15) is 0 Å². The molecule has 0 saturated heterocycles. The van der Waals surface area contributed by atoms with Gasteiger partial charge in [0.05, 0.1) is 31.5 Å². The highest BCUT2D eigenvalue weighted by Gasteiger charge is 2.50. The first kappa shape index (κ1) is 22.0. The van der Waals surface area contributed by atoms with Crippen LogP contribution in [0.1, 0.15) is 39.5 Å². The number of hydrogen-bond donors (Lipinski definition) is 2. The third-order valence-corrected chi connectivity index (χ3v) is 5.22. The Morgan fingerprint density at radius 2 is 2.11 bits per heavy atom. The average molecular weight is 399 g/mol. The Bertz CT molecular complexity index is 605. The second-order valence-corrected chi connectivity index (χ2v) is 7.03. The Balaban J connectivity index is 1.77. The minimum atomic E-state index is -1.17. The van der Waals surface area contributed by atoms with Crippen LogP contribution in [0.15, 0.2) is 11.8 Å². The molecule has 9 nitrogen and oxygen atoms in total. The van der Waals surface area contributed by atoms with Crippen molar-refractivity contribution in [2.45, 2.75) is 51.9 Å². The number of ether oxygens (including phenoxy) is 4. The Labute approximate surface area is 164 Å². The monoisotopic (exact) mass is 399 g/mol. The van der Waals surface area contributed by atoms with Crippen LogP contribution in [-0.2, 0) is 28.5 Å². The molecule has 2 rings (SSSR count). The summed E-state index contributed by atoms with van der Waals surface area (Å²) in [7, 11) is 1.27. The summed E-state index contributed by atoms with van der Waals surface area (Å²) in [5, 5.41) is 12.7. The van der Waals surface area contributed by atoms with Gasteiger partial charge in [0.2, 0.25) is 6.29 Å². The van der Waals surface area contributed by atoms with E-state index in [2.05, 4.69) is 5.32 Å². The number of aliphatic hydroxyl groups excluding tert-OH is 1. The van der Waals surface area contributed by atoms with Crippen LogP contribution < -0.4 is 5.32 Å². The van der Waals surface area contributed by atoms with Gasteiger partial charge in [-0.1, -0.05) is 6.92 Å². The van der Waals surface area contributed by atoms with Crippen molar-refractivity contribution >= 4 is 18.0 Å². The topological polar surface area (TPSA) is 120 Å². The lowest BCUT2D eigenvalue weighted by molar-refractivity contribution is -0.165. The zero-order valence-corrected chi connectivity index (χ0v) is 16.5. The Morgan fingerprint density at radius 1 is 1.36 bits per heavy atom. The van der Waals surface area contributed by atoms with Crippen molar-refractivity contribution in [1.29, 1.82) is 0 Å². The molecule has 0 radical (unpaired) electrons. The number of aliphatic hydroxyl groups is 1. The molecule has 1 saturated carbocycles. The molecule has 0 aromatic rings. The van der Waals surface area contributed by atoms with E-state index in [9.17, 15) is 19.5 Å². The van der Waals surface area contributed by atoms with Crippen molar-refractivity contribution < 1.29 is 38.4 Å². The van der Waals surface area contributed by atoms with Gasteiger partial charge in [-0.25, -0.2) is 9.59 Å². The molecule has 9 heteroatoms. The molecule has 1 aliphatic carbocycles. The molecule has 2 N–H and O–H groups in total. The lowest BCUT2D eigenvalue weighted by atomic mass is 9.83. The van der Waals surface area contributed by atoms with Crippen molar-refractivity contribution in [1.82, 2.24) is 5.32 Å². The molecule has 0 spiro atoms. The molecule has 5 atom stereocenters. The van der Waals surface area contributed by atoms with Crippen molar-refractivity contribution in [2.24, 2.45) is 17.8 Å². The van der Waals surface area contributed by atoms with Crippen LogP contribution in [0.4, 0.5) is 4.79 Å². The maximum atomic E-state index is 12.4. The van der Waals surface area contributed by atoms with Gasteiger partial charge in [-0.3, -0.25) is 4.79 Å². The molecule has 1 fully saturated rings. The Morgan fingerprint density at radius 3 is 2.79 bits per heavy atom. The second-order valence-electron chi connectivity index (χ2n) is 7.03. The maximum absolute atomic E-state index is 12.4. The molecule has 1 amide bonds. The normalized spacial score (nSPS) is 26.9. The summed E-state index contributed by atoms with van der Waals surface area (Å²) in [6.45, 7) is 4.18. The Hall–Kier alpha value is -2.29. The van der Waals surface area contributed by atoms with E-state index in [1.54, 1.807) is 6.92 Å². The predicted octanol–water partition coefficient (Wildman–Crippen LogP) is 1.49. The van der Waals surface area contributed by atoms with Crippen LogP contribution >= 0.6 is 0 Å². The molecule has 0 aromatic carbocycles. The SMILES string of the molecule is CCC(C)OC(=O)NCCCOC(=O)C1CCC2C(C(=O)OC)=COC(O)C12. The summed E-state index contributed by atoms with van der Waals surface area (Å²) < 4.78 is 20.3. The van der Waals surface area contributed by atoms with Crippen molar-refractivity contribution in [3.05, 3.63) is 11.8 Å². The van der Waals surface area contributed by atoms with E-state index in [4.69, 9.17) is 18.9 Å². The van der Waals surface area contributed by atoms with Crippen LogP contribution in [0.5, 0.6) is 0 Å². The molecule has 5 unspecified atom stereocenters. The minimum Gasteiger partial charge on any atom is -0.472 e. The van der Waals surface area contributed by atoms with Crippen LogP contribution in [0.3, 0.4) is 0 Å². The number of methoxy groups -OCH3 is 1. The number of esters is 2. The van der Waals surface area contributed by atoms with E-state index in [1.807, 2.05) is 6.92 Å². The van der Waals surface area contributed by atoms with E-state index in [0.717, 1.165) is 6.42 Å². The minimum absolute atomic E-state index is 0.132. The zero-order chi connectivity index (χ0) is 20.7. The van der Waals surface area contributed by atoms with Crippen LogP contribution in [-0.4, -0.2) is 55.8 Å². The summed E-state index contributed by atoms with van der Waals surface area (Å²) >= 11 is 0. The molecule has 28 heavy (non-hydrogen) atoms. The number of rotatable bonds is 8. The van der Waals surface area contributed by atoms with Crippen LogP contribution in [0.2, 0.25) is 0 Å². The zero-order valence-electron chi connectivity index (χ0n) is 16.5. The van der Waals surface area contributed by atoms with E-state index >= 15 is 0 Å². The van der Waals surface area contributed by atoms with Gasteiger partial charge in [0.1, 0.15) is 6.10 Å². The fraction of sp³-hybridized carbons (Fsp3) is 0.737. The molecular formula is C19H29NO8. The van der Waals surface area contributed by atoms with E-state index in [-0.39, 0.29) is 18.6 Å². The molecule has 0 aromatic heterocycles. The maximum Gasteiger partial charge on any atom is 0.407 e. The highest BCUT2D eigenvalue weighted by atomic mass is 16.6. The largest absolute Gasteiger partial charge is 0.472 e. The first-order chi connectivity index (χ1) is 13.4. The third-order valence-electron chi connectivity index (χ3n) is 5.22. The molecule has 1 aliphatic heterocycles. The molecule has 1 heterocycles. The van der Waals surface area contributed by atoms with Gasteiger partial charge >= 0.3 is 18.0 Å². The van der Waals surface area contributed by atoms with Crippen molar-refractivity contribution in [3.63, 3.8) is 0 Å². The fourth-order valence-corrected chi connectivity index (χ4v) is 3.55. The number of carbonyl (C=O) groups is 3. The fourth-order valence-electron chi connectivity index (χ4n) is 3.55. The number of fused-ring (bicyclic) bond motifs is 1. The van der Waals surface area contributed by atoms with E-state index in [1.165, 1.54) is 13.4 Å². The Kier molecular flexibility index (Phi) is 8.10. The van der Waals surface area contributed by atoms with Crippen molar-refractivity contribution in [2.75, 3.05) is 20.3 Å². The van der Waals surface area contributed by atoms with Gasteiger partial charge in [-0.15, -0.1) is 0 Å². The van der Waals surface area contributed by atoms with Crippen molar-refractivity contribution in [3.8, 4) is 0 Å². The summed E-state index contributed by atoms with van der Waals surface area (Å²) in [5.74, 6) is -2.37. The first-order valence-electron chi connectivity index (χ1n) is 9.62. The number of alkyl carbamates (subject to hydrolysis) is 1. The number of carbonyl (C=O) groups excluding carboxylic acids is 3. The standard InChI is InChI=1S/C19H29NO8/c1-4-11(2)28-19(24)20-8-5-9-26-17(22)13-7-6-12-14(16(21)25-3)10-27-18(23)15(12)13/h10-13,15,18,23H,4-9H2,1-3H3,(H,20,24). The van der Waals surface area contributed by atoms with Gasteiger partial charge in [-0.05, 0) is 32.6 Å². The third kappa shape index (κ3) is 5.37. The smallest absolute Gasteiger partial charge is 0.407 e. The highest BCUT2D eigenvalue weighted by molar-refractivity contribution is 5.89. The lowest BCUT2D eigenvalue weighted by Crippen LogP contribution is -2.39. The summed E-state index contributed by atoms with van der Waals surface area (Å²) in [4.78, 5) is 35.8. The van der Waals surface area contributed by atoms with E-state index < -0.39 is 36.2 Å². The summed E-state index contributed by atoms with van der Waals surface area (Å²) in [6, 6.07) is 0. The van der Waals surface area contributed by atoms with Gasteiger partial charge in [0.25, 0.3) is 0 Å². The lowest BCUT2D eigenvalue weighted by Gasteiger charge is -2.32. The summed E-state index contributed by atoms with van der Waals surface area (Å²) in [6.07, 6.45) is 1.62. The van der Waals surface area contributed by atoms with Gasteiger partial charge in [0.15, 0.2) is 0 Å². The predicted molar refractivity (Wildman–Crippen MR) is 96.7 cm³/mol. The van der Waals surface area contributed by atoms with Crippen LogP contribution in [0, 0.1) is 17.8 Å². The van der Waals surface area contributed by atoms with Gasteiger partial charge < -0.3 is 29.4 Å². The number of hydrogen-bond acceptors (Lipinski definition) is 8. The summed E-state index contributed by atoms with van der Waals surface area (Å²) in [5.41, 5.74) is 0.331. The molecule has 158 valence electrons. The molecular weight excluding hydrogens is 370 g/mol. The molecule has 0 bridgehead atoms. The number of nitrogens with one attached hydrogen (secondary N) is 1. The molecule has 2 aliphatic rings. The first-order valence-corrected chi connectivity index (χ1v) is 9.62. The number of amides is 1. The van der Waals surface area contributed by atoms with Gasteiger partial charge in [0, 0.05) is 18.4 Å². The average Bonchev–Trinajstić information content (AvgIpc) is 3.13. The van der Waals surface area contributed by atoms with E-state index in [0.29, 0.717) is 31.4 Å². The van der Waals surface area contributed by atoms with Crippen LogP contribution in [0.25, 0.3) is 0 Å². The second kappa shape index (κ2) is 10.3. The quantitative estimate of drug-likeness (QED) is 0.358.